The Hall–Kier alpha value is -2.60. The summed E-state index contributed by atoms with van der Waals surface area (Å²) >= 11 is 0. The second-order valence-electron chi connectivity index (χ2n) is 5.54. The number of hydrogen-bond acceptors (Lipinski definition) is 4. The Kier molecular flexibility index (Phi) is 3.49. The Morgan fingerprint density at radius 1 is 1.00 bits per heavy atom. The van der Waals surface area contributed by atoms with Gasteiger partial charge in [0, 0.05) is 11.3 Å². The van der Waals surface area contributed by atoms with Crippen molar-refractivity contribution in [1.82, 2.24) is 3.97 Å². The van der Waals surface area contributed by atoms with E-state index >= 15 is 0 Å². The lowest BCUT2D eigenvalue weighted by atomic mass is 10.1. The molecule has 0 bridgehead atoms. The monoisotopic (exact) mass is 328 g/mol. The summed E-state index contributed by atoms with van der Waals surface area (Å²) in [6.07, 6.45) is 0. The first kappa shape index (κ1) is 15.3. The highest BCUT2D eigenvalue weighted by Crippen LogP contribution is 2.22. The predicted molar refractivity (Wildman–Crippen MR) is 91.1 cm³/mol. The van der Waals surface area contributed by atoms with E-state index in [0.717, 1.165) is 9.54 Å². The third-order valence-corrected chi connectivity index (χ3v) is 5.39. The number of aryl methyl sites for hydroxylation is 2. The van der Waals surface area contributed by atoms with Gasteiger partial charge in [0.05, 0.1) is 10.4 Å². The molecule has 0 aliphatic heterocycles. The molecule has 0 saturated carbocycles. The number of nitrogens with zero attached hydrogens (tertiary/aromatic N) is 1. The molecule has 1 aromatic heterocycles. The van der Waals surface area contributed by atoms with Gasteiger partial charge in [-0.25, -0.2) is 8.42 Å². The lowest BCUT2D eigenvalue weighted by Gasteiger charge is -2.13. The largest absolute Gasteiger partial charge is 0.399 e. The molecule has 2 aromatic carbocycles. The minimum atomic E-state index is -4.01. The Morgan fingerprint density at radius 3 is 2.43 bits per heavy atom. The fourth-order valence-electron chi connectivity index (χ4n) is 2.54. The van der Waals surface area contributed by atoms with Gasteiger partial charge in [-0.2, -0.15) is 3.97 Å². The third kappa shape index (κ3) is 2.51. The fourth-order valence-corrected chi connectivity index (χ4v) is 4.12. The van der Waals surface area contributed by atoms with Crippen LogP contribution in [-0.4, -0.2) is 12.4 Å². The van der Waals surface area contributed by atoms with Gasteiger partial charge in [0.2, 0.25) is 0 Å². The molecule has 3 rings (SSSR count). The van der Waals surface area contributed by atoms with Crippen molar-refractivity contribution in [3.8, 4) is 0 Å². The second kappa shape index (κ2) is 5.24. The molecule has 2 N–H and O–H groups in total. The SMILES string of the molecule is Cc1cccc(S(=O)(=O)n2c(=O)c(C)cc3ccc(N)cc32)c1. The molecule has 0 amide bonds. The van der Waals surface area contributed by atoms with Gasteiger partial charge < -0.3 is 5.73 Å². The summed E-state index contributed by atoms with van der Waals surface area (Å²) in [7, 11) is -4.01. The molecule has 1 heterocycles. The molecule has 0 spiro atoms. The number of pyridine rings is 1. The second-order valence-corrected chi connectivity index (χ2v) is 7.32. The Labute approximate surface area is 134 Å². The minimum Gasteiger partial charge on any atom is -0.399 e. The molecular formula is C17H16N2O3S. The van der Waals surface area contributed by atoms with E-state index in [4.69, 9.17) is 5.73 Å². The zero-order valence-corrected chi connectivity index (χ0v) is 13.6. The maximum Gasteiger partial charge on any atom is 0.271 e. The van der Waals surface area contributed by atoms with E-state index in [2.05, 4.69) is 0 Å². The van der Waals surface area contributed by atoms with Crippen molar-refractivity contribution in [2.24, 2.45) is 0 Å². The first-order valence-electron chi connectivity index (χ1n) is 7.05. The highest BCUT2D eigenvalue weighted by molar-refractivity contribution is 7.90. The summed E-state index contributed by atoms with van der Waals surface area (Å²) in [4.78, 5) is 12.6. The number of anilines is 1. The van der Waals surface area contributed by atoms with Crippen LogP contribution in [0, 0.1) is 13.8 Å². The zero-order valence-electron chi connectivity index (χ0n) is 12.8. The molecule has 0 saturated heterocycles. The van der Waals surface area contributed by atoms with Crippen molar-refractivity contribution < 1.29 is 8.42 Å². The fraction of sp³-hybridized carbons (Fsp3) is 0.118. The van der Waals surface area contributed by atoms with Gasteiger partial charge in [-0.15, -0.1) is 0 Å². The van der Waals surface area contributed by atoms with E-state index in [1.165, 1.54) is 12.1 Å². The quantitative estimate of drug-likeness (QED) is 0.733. The van der Waals surface area contributed by atoms with Gasteiger partial charge >= 0.3 is 0 Å². The van der Waals surface area contributed by atoms with Gasteiger partial charge in [-0.3, -0.25) is 4.79 Å². The minimum absolute atomic E-state index is 0.0777. The van der Waals surface area contributed by atoms with Crippen LogP contribution in [0.2, 0.25) is 0 Å². The van der Waals surface area contributed by atoms with E-state index in [1.54, 1.807) is 50.2 Å². The van der Waals surface area contributed by atoms with Gasteiger partial charge in [-0.05, 0) is 55.1 Å². The van der Waals surface area contributed by atoms with Crippen LogP contribution in [0.1, 0.15) is 11.1 Å². The molecule has 118 valence electrons. The zero-order chi connectivity index (χ0) is 16.8. The molecule has 0 aliphatic rings. The standard InChI is InChI=1S/C17H16N2O3S/c1-11-4-3-5-15(8-11)23(21,22)19-16-10-14(18)7-6-13(16)9-12(2)17(19)20/h3-10H,18H2,1-2H3. The number of nitrogen functional groups attached to an aromatic ring is 1. The number of aromatic nitrogens is 1. The van der Waals surface area contributed by atoms with Crippen LogP contribution in [0.5, 0.6) is 0 Å². The van der Waals surface area contributed by atoms with Crippen LogP contribution in [0.15, 0.2) is 58.2 Å². The van der Waals surface area contributed by atoms with Crippen molar-refractivity contribution in [1.29, 1.82) is 0 Å². The third-order valence-electron chi connectivity index (χ3n) is 3.69. The van der Waals surface area contributed by atoms with Crippen LogP contribution in [0.25, 0.3) is 10.9 Å². The maximum atomic E-state index is 13.0. The van der Waals surface area contributed by atoms with Gasteiger partial charge in [-0.1, -0.05) is 18.2 Å². The summed E-state index contributed by atoms with van der Waals surface area (Å²) in [6, 6.07) is 13.0. The highest BCUT2D eigenvalue weighted by Gasteiger charge is 2.22. The lowest BCUT2D eigenvalue weighted by molar-refractivity contribution is 0.587. The van der Waals surface area contributed by atoms with Crippen LogP contribution < -0.4 is 11.3 Å². The van der Waals surface area contributed by atoms with E-state index in [1.807, 2.05) is 0 Å². The Bertz CT molecular complexity index is 1080. The molecule has 3 aromatic rings. The van der Waals surface area contributed by atoms with E-state index < -0.39 is 15.6 Å². The number of nitrogens with two attached hydrogens (primary N) is 1. The number of rotatable bonds is 2. The van der Waals surface area contributed by atoms with Crippen LogP contribution >= 0.6 is 0 Å². The van der Waals surface area contributed by atoms with Crippen molar-refractivity contribution in [2.75, 3.05) is 5.73 Å². The molecule has 6 heteroatoms. The molecule has 0 fully saturated rings. The Morgan fingerprint density at radius 2 is 1.74 bits per heavy atom. The average Bonchev–Trinajstić information content (AvgIpc) is 2.49. The number of fused-ring (bicyclic) bond motifs is 1. The van der Waals surface area contributed by atoms with Crippen LogP contribution in [0.3, 0.4) is 0 Å². The lowest BCUT2D eigenvalue weighted by Crippen LogP contribution is -2.29. The summed E-state index contributed by atoms with van der Waals surface area (Å²) in [5.74, 6) is 0. The number of hydrogen-bond donors (Lipinski definition) is 1. The summed E-state index contributed by atoms with van der Waals surface area (Å²) in [5, 5.41) is 0.646. The molecule has 23 heavy (non-hydrogen) atoms. The maximum absolute atomic E-state index is 13.0. The molecule has 0 unspecified atom stereocenters. The molecule has 5 nitrogen and oxygen atoms in total. The van der Waals surface area contributed by atoms with E-state index in [0.29, 0.717) is 16.6 Å². The van der Waals surface area contributed by atoms with Crippen molar-refractivity contribution in [3.05, 3.63) is 70.0 Å². The molecular weight excluding hydrogens is 312 g/mol. The average molecular weight is 328 g/mol. The number of benzene rings is 2. The topological polar surface area (TPSA) is 82.2 Å². The van der Waals surface area contributed by atoms with Crippen molar-refractivity contribution >= 4 is 26.6 Å². The smallest absolute Gasteiger partial charge is 0.271 e. The van der Waals surface area contributed by atoms with Crippen LogP contribution in [0.4, 0.5) is 5.69 Å². The first-order valence-corrected chi connectivity index (χ1v) is 8.49. The van der Waals surface area contributed by atoms with Crippen molar-refractivity contribution in [3.63, 3.8) is 0 Å². The van der Waals surface area contributed by atoms with E-state index in [9.17, 15) is 13.2 Å². The normalized spacial score (nSPS) is 11.7. The van der Waals surface area contributed by atoms with Crippen LogP contribution in [-0.2, 0) is 10.0 Å². The molecule has 0 atom stereocenters. The summed E-state index contributed by atoms with van der Waals surface area (Å²) in [6.45, 7) is 3.40. The van der Waals surface area contributed by atoms with E-state index in [-0.39, 0.29) is 10.4 Å². The summed E-state index contributed by atoms with van der Waals surface area (Å²) in [5.41, 5.74) is 7.05. The van der Waals surface area contributed by atoms with Gasteiger partial charge in [0.15, 0.2) is 0 Å². The molecule has 0 radical (unpaired) electrons. The van der Waals surface area contributed by atoms with Crippen molar-refractivity contribution in [2.45, 2.75) is 18.7 Å². The first-order chi connectivity index (χ1) is 10.8. The predicted octanol–water partition coefficient (Wildman–Crippen LogP) is 2.44. The van der Waals surface area contributed by atoms with Gasteiger partial charge in [0.25, 0.3) is 15.6 Å². The Balaban J connectivity index is 2.46. The van der Waals surface area contributed by atoms with Gasteiger partial charge in [0.1, 0.15) is 0 Å². The highest BCUT2D eigenvalue weighted by atomic mass is 32.2. The summed E-state index contributed by atoms with van der Waals surface area (Å²) < 4.78 is 26.8. The molecule has 0 aliphatic carbocycles.